The molecule has 94 valence electrons. The highest BCUT2D eigenvalue weighted by molar-refractivity contribution is 6.66. The Morgan fingerprint density at radius 3 is 2.56 bits per heavy atom. The first kappa shape index (κ1) is 13.1. The molecular formula is C9H6Cl3N5O. The van der Waals surface area contributed by atoms with Gasteiger partial charge < -0.3 is 0 Å². The molecule has 0 fully saturated rings. The van der Waals surface area contributed by atoms with E-state index < -0.39 is 3.79 Å². The van der Waals surface area contributed by atoms with Crippen LogP contribution in [0.2, 0.25) is 0 Å². The zero-order valence-corrected chi connectivity index (χ0v) is 11.0. The van der Waals surface area contributed by atoms with E-state index >= 15 is 0 Å². The molecule has 2 rings (SSSR count). The van der Waals surface area contributed by atoms with Gasteiger partial charge in [0.1, 0.15) is 0 Å². The molecule has 0 radical (unpaired) electrons. The fraction of sp³-hybridized carbons (Fsp3) is 0.111. The van der Waals surface area contributed by atoms with E-state index in [0.29, 0.717) is 0 Å². The minimum Gasteiger partial charge on any atom is -0.294 e. The third-order valence-electron chi connectivity index (χ3n) is 1.85. The summed E-state index contributed by atoms with van der Waals surface area (Å²) in [7, 11) is 0. The standard InChI is InChI=1S/C9H6Cl3N5O/c10-9(11,12)5-1-3-13-7(15-5)17-8-14-4-2-6(18)16-8/h1-4H,(H2,13,14,15,16,17,18). The van der Waals surface area contributed by atoms with Gasteiger partial charge in [0, 0.05) is 18.5 Å². The molecule has 0 aliphatic heterocycles. The Morgan fingerprint density at radius 1 is 1.17 bits per heavy atom. The fourth-order valence-corrected chi connectivity index (χ4v) is 1.43. The van der Waals surface area contributed by atoms with Crippen molar-refractivity contribution in [2.75, 3.05) is 5.32 Å². The summed E-state index contributed by atoms with van der Waals surface area (Å²) in [5, 5.41) is 2.69. The van der Waals surface area contributed by atoms with Crippen molar-refractivity contribution in [3.05, 3.63) is 40.6 Å². The molecule has 0 saturated heterocycles. The van der Waals surface area contributed by atoms with Crippen LogP contribution in [-0.4, -0.2) is 19.9 Å². The Bertz CT molecular complexity index is 609. The van der Waals surface area contributed by atoms with Crippen molar-refractivity contribution < 1.29 is 0 Å². The fourth-order valence-electron chi connectivity index (χ4n) is 1.12. The number of nitrogens with zero attached hydrogens (tertiary/aromatic N) is 3. The highest BCUT2D eigenvalue weighted by atomic mass is 35.6. The molecule has 0 aliphatic carbocycles. The Morgan fingerprint density at radius 2 is 1.89 bits per heavy atom. The summed E-state index contributed by atoms with van der Waals surface area (Å²) >= 11 is 17.1. The normalized spacial score (nSPS) is 11.3. The molecule has 9 heteroatoms. The number of anilines is 2. The lowest BCUT2D eigenvalue weighted by Gasteiger charge is -2.10. The quantitative estimate of drug-likeness (QED) is 0.830. The molecule has 2 heterocycles. The van der Waals surface area contributed by atoms with E-state index in [1.807, 2.05) is 0 Å². The second-order valence-corrected chi connectivity index (χ2v) is 5.45. The summed E-state index contributed by atoms with van der Waals surface area (Å²) in [5.74, 6) is 0.358. The molecule has 18 heavy (non-hydrogen) atoms. The molecule has 0 aromatic carbocycles. The number of H-pyrrole nitrogens is 1. The maximum Gasteiger partial charge on any atom is 0.252 e. The minimum absolute atomic E-state index is 0.160. The Balaban J connectivity index is 2.27. The second kappa shape index (κ2) is 5.09. The van der Waals surface area contributed by atoms with Crippen molar-refractivity contribution in [3.8, 4) is 0 Å². The van der Waals surface area contributed by atoms with Crippen LogP contribution in [0, 0.1) is 0 Å². The number of alkyl halides is 3. The van der Waals surface area contributed by atoms with Crippen LogP contribution in [0.15, 0.2) is 29.3 Å². The van der Waals surface area contributed by atoms with Gasteiger partial charge >= 0.3 is 0 Å². The number of nitrogens with one attached hydrogen (secondary N) is 2. The summed E-state index contributed by atoms with van der Waals surface area (Å²) in [6.45, 7) is 0. The van der Waals surface area contributed by atoms with Crippen molar-refractivity contribution in [3.63, 3.8) is 0 Å². The smallest absolute Gasteiger partial charge is 0.252 e. The van der Waals surface area contributed by atoms with E-state index in [1.165, 1.54) is 24.5 Å². The predicted molar refractivity (Wildman–Crippen MR) is 69.4 cm³/mol. The van der Waals surface area contributed by atoms with Crippen molar-refractivity contribution in [1.29, 1.82) is 0 Å². The van der Waals surface area contributed by atoms with Gasteiger partial charge in [-0.3, -0.25) is 15.1 Å². The van der Waals surface area contributed by atoms with Gasteiger partial charge in [-0.2, -0.15) is 0 Å². The van der Waals surface area contributed by atoms with Crippen molar-refractivity contribution in [2.45, 2.75) is 3.79 Å². The first-order chi connectivity index (χ1) is 8.45. The minimum atomic E-state index is -1.64. The Labute approximate surface area is 116 Å². The highest BCUT2D eigenvalue weighted by Gasteiger charge is 2.25. The van der Waals surface area contributed by atoms with E-state index in [0.717, 1.165) is 0 Å². The number of hydrogen-bond acceptors (Lipinski definition) is 5. The summed E-state index contributed by atoms with van der Waals surface area (Å²) in [4.78, 5) is 25.3. The van der Waals surface area contributed by atoms with Gasteiger partial charge in [0.2, 0.25) is 15.7 Å². The first-order valence-electron chi connectivity index (χ1n) is 4.68. The summed E-state index contributed by atoms with van der Waals surface area (Å²) in [6.07, 6.45) is 2.77. The Kier molecular flexibility index (Phi) is 3.70. The maximum absolute atomic E-state index is 11.1. The van der Waals surface area contributed by atoms with Crippen molar-refractivity contribution >= 4 is 46.7 Å². The third kappa shape index (κ3) is 3.32. The number of rotatable bonds is 2. The lowest BCUT2D eigenvalue weighted by molar-refractivity contribution is 1.02. The second-order valence-electron chi connectivity index (χ2n) is 3.17. The van der Waals surface area contributed by atoms with Gasteiger partial charge in [-0.05, 0) is 6.07 Å². The number of aromatic nitrogens is 4. The lowest BCUT2D eigenvalue weighted by Crippen LogP contribution is -2.11. The average Bonchev–Trinajstić information content (AvgIpc) is 2.28. The van der Waals surface area contributed by atoms with Gasteiger partial charge in [-0.1, -0.05) is 34.8 Å². The predicted octanol–water partition coefficient (Wildman–Crippen LogP) is 2.13. The Hall–Kier alpha value is -1.37. The van der Waals surface area contributed by atoms with Crippen molar-refractivity contribution in [2.24, 2.45) is 0 Å². The molecule has 0 bridgehead atoms. The van der Waals surface area contributed by atoms with Gasteiger partial charge in [0.25, 0.3) is 5.56 Å². The van der Waals surface area contributed by atoms with Crippen LogP contribution < -0.4 is 10.9 Å². The lowest BCUT2D eigenvalue weighted by atomic mass is 10.4. The van der Waals surface area contributed by atoms with Crippen LogP contribution >= 0.6 is 34.8 Å². The van der Waals surface area contributed by atoms with E-state index in [-0.39, 0.29) is 23.1 Å². The molecule has 2 N–H and O–H groups in total. The van der Waals surface area contributed by atoms with Crippen LogP contribution in [0.5, 0.6) is 0 Å². The monoisotopic (exact) mass is 305 g/mol. The van der Waals surface area contributed by atoms with E-state index in [2.05, 4.69) is 25.3 Å². The third-order valence-corrected chi connectivity index (χ3v) is 2.43. The summed E-state index contributed by atoms with van der Waals surface area (Å²) in [6, 6.07) is 2.75. The average molecular weight is 307 g/mol. The molecular weight excluding hydrogens is 300 g/mol. The van der Waals surface area contributed by atoms with Crippen LogP contribution in [0.25, 0.3) is 0 Å². The van der Waals surface area contributed by atoms with Crippen LogP contribution in [-0.2, 0) is 3.79 Å². The van der Waals surface area contributed by atoms with E-state index in [9.17, 15) is 4.79 Å². The molecule has 0 aliphatic rings. The molecule has 0 unspecified atom stereocenters. The SMILES string of the molecule is O=c1ccnc(Nc2nccc(C(Cl)(Cl)Cl)n2)[nH]1. The number of aromatic amines is 1. The van der Waals surface area contributed by atoms with Crippen LogP contribution in [0.3, 0.4) is 0 Å². The molecule has 0 amide bonds. The van der Waals surface area contributed by atoms with Crippen LogP contribution in [0.1, 0.15) is 5.69 Å². The van der Waals surface area contributed by atoms with Gasteiger partial charge in [-0.25, -0.2) is 15.0 Å². The molecule has 0 atom stereocenters. The van der Waals surface area contributed by atoms with Gasteiger partial charge in [-0.15, -0.1) is 0 Å². The number of hydrogen-bond donors (Lipinski definition) is 2. The molecule has 0 spiro atoms. The zero-order chi connectivity index (χ0) is 13.2. The van der Waals surface area contributed by atoms with Crippen molar-refractivity contribution in [1.82, 2.24) is 19.9 Å². The van der Waals surface area contributed by atoms with Crippen LogP contribution in [0.4, 0.5) is 11.9 Å². The molecule has 2 aromatic heterocycles. The molecule has 2 aromatic rings. The van der Waals surface area contributed by atoms with Gasteiger partial charge in [0.15, 0.2) is 0 Å². The highest BCUT2D eigenvalue weighted by Crippen LogP contribution is 2.36. The van der Waals surface area contributed by atoms with E-state index in [1.54, 1.807) is 0 Å². The topological polar surface area (TPSA) is 83.6 Å². The summed E-state index contributed by atoms with van der Waals surface area (Å²) in [5.41, 5.74) is -0.0895. The number of halogens is 3. The molecule has 0 saturated carbocycles. The van der Waals surface area contributed by atoms with E-state index in [4.69, 9.17) is 34.8 Å². The zero-order valence-electron chi connectivity index (χ0n) is 8.69. The summed E-state index contributed by atoms with van der Waals surface area (Å²) < 4.78 is -1.64. The molecule has 6 nitrogen and oxygen atoms in total. The van der Waals surface area contributed by atoms with Gasteiger partial charge in [0.05, 0.1) is 5.69 Å². The largest absolute Gasteiger partial charge is 0.294 e. The first-order valence-corrected chi connectivity index (χ1v) is 5.81. The maximum atomic E-state index is 11.1.